The van der Waals surface area contributed by atoms with Gasteiger partial charge < -0.3 is 28.8 Å². The minimum atomic E-state index is -1.67. The van der Waals surface area contributed by atoms with E-state index in [9.17, 15) is 24.3 Å². The van der Waals surface area contributed by atoms with Gasteiger partial charge in [-0.15, -0.1) is 0 Å². The van der Waals surface area contributed by atoms with Crippen molar-refractivity contribution in [3.05, 3.63) is 144 Å². The molecule has 0 aromatic heterocycles. The van der Waals surface area contributed by atoms with Gasteiger partial charge in [0.15, 0.2) is 6.10 Å². The largest absolute Gasteiger partial charge is 0.459 e. The molecule has 0 spiro atoms. The van der Waals surface area contributed by atoms with E-state index in [1.54, 1.807) is 84.9 Å². The third-order valence-electron chi connectivity index (χ3n) is 6.74. The first kappa shape index (κ1) is 30.1. The van der Waals surface area contributed by atoms with Crippen molar-refractivity contribution in [2.45, 2.75) is 30.7 Å². The van der Waals surface area contributed by atoms with Crippen LogP contribution in [0.2, 0.25) is 0 Å². The SMILES string of the molecule is O=C(OC[C@H]1O[C@H](OC(=O)c2ccccc2)[C@@H](OC(=O)c2ccccc2)[C@H](OC(=O)c2ccccc2)[C@@H]1O)c1ccccc1. The molecule has 0 amide bonds. The van der Waals surface area contributed by atoms with E-state index in [4.69, 9.17) is 23.7 Å². The second-order valence-corrected chi connectivity index (χ2v) is 9.74. The van der Waals surface area contributed by atoms with Gasteiger partial charge in [0.05, 0.1) is 22.3 Å². The molecule has 10 heteroatoms. The van der Waals surface area contributed by atoms with Crippen LogP contribution in [0.4, 0.5) is 0 Å². The zero-order chi connectivity index (χ0) is 30.9. The van der Waals surface area contributed by atoms with Crippen LogP contribution in [-0.4, -0.2) is 66.3 Å². The quantitative estimate of drug-likeness (QED) is 0.221. The molecule has 224 valence electrons. The highest BCUT2D eigenvalue weighted by Gasteiger charge is 2.52. The molecule has 4 aromatic rings. The van der Waals surface area contributed by atoms with Gasteiger partial charge in [0.2, 0.25) is 12.4 Å². The number of carbonyl (C=O) groups excluding carboxylic acids is 4. The highest BCUT2D eigenvalue weighted by Crippen LogP contribution is 2.30. The Morgan fingerprint density at radius 2 is 0.886 bits per heavy atom. The lowest BCUT2D eigenvalue weighted by atomic mass is 9.98. The number of ether oxygens (including phenoxy) is 5. The molecule has 0 radical (unpaired) electrons. The Kier molecular flexibility index (Phi) is 9.75. The van der Waals surface area contributed by atoms with Gasteiger partial charge in [-0.1, -0.05) is 72.8 Å². The summed E-state index contributed by atoms with van der Waals surface area (Å²) in [5.41, 5.74) is 0.734. The molecule has 5 rings (SSSR count). The molecule has 44 heavy (non-hydrogen) atoms. The fourth-order valence-corrected chi connectivity index (χ4v) is 4.48. The molecule has 1 aliphatic rings. The van der Waals surface area contributed by atoms with Crippen LogP contribution >= 0.6 is 0 Å². The van der Waals surface area contributed by atoms with Gasteiger partial charge in [0.1, 0.15) is 18.8 Å². The number of rotatable bonds is 9. The molecular formula is C34H28O10. The van der Waals surface area contributed by atoms with Crippen molar-refractivity contribution in [3.63, 3.8) is 0 Å². The van der Waals surface area contributed by atoms with Crippen LogP contribution in [0.1, 0.15) is 41.4 Å². The predicted molar refractivity (Wildman–Crippen MR) is 155 cm³/mol. The summed E-state index contributed by atoms with van der Waals surface area (Å²) in [5, 5.41) is 11.4. The molecule has 1 fully saturated rings. The molecule has 0 unspecified atom stereocenters. The van der Waals surface area contributed by atoms with Crippen molar-refractivity contribution in [3.8, 4) is 0 Å². The van der Waals surface area contributed by atoms with Crippen LogP contribution in [0.3, 0.4) is 0 Å². The lowest BCUT2D eigenvalue weighted by Gasteiger charge is -2.42. The predicted octanol–water partition coefficient (Wildman–Crippen LogP) is 4.24. The molecule has 1 heterocycles. The smallest absolute Gasteiger partial charge is 0.340 e. The summed E-state index contributed by atoms with van der Waals surface area (Å²) in [6, 6.07) is 32.1. The van der Waals surface area contributed by atoms with Gasteiger partial charge in [0, 0.05) is 0 Å². The molecule has 0 saturated carbocycles. The molecule has 0 bridgehead atoms. The van der Waals surface area contributed by atoms with Crippen LogP contribution in [-0.2, 0) is 23.7 Å². The molecule has 10 nitrogen and oxygen atoms in total. The number of hydrogen-bond acceptors (Lipinski definition) is 10. The van der Waals surface area contributed by atoms with E-state index in [1.807, 2.05) is 0 Å². The lowest BCUT2D eigenvalue weighted by molar-refractivity contribution is -0.283. The molecule has 1 N–H and O–H groups in total. The first-order valence-electron chi connectivity index (χ1n) is 13.7. The maximum Gasteiger partial charge on any atom is 0.340 e. The number of aliphatic hydroxyl groups is 1. The van der Waals surface area contributed by atoms with E-state index >= 15 is 0 Å². The van der Waals surface area contributed by atoms with E-state index in [-0.39, 0.29) is 22.3 Å². The van der Waals surface area contributed by atoms with Crippen molar-refractivity contribution in [1.82, 2.24) is 0 Å². The average Bonchev–Trinajstić information content (AvgIpc) is 3.08. The molecule has 0 aliphatic carbocycles. The second-order valence-electron chi connectivity index (χ2n) is 9.74. The Morgan fingerprint density at radius 3 is 1.32 bits per heavy atom. The first-order valence-corrected chi connectivity index (χ1v) is 13.7. The Hall–Kier alpha value is -5.32. The standard InChI is InChI=1S/C34H28O10/c35-27-26(21-40-30(36)22-13-5-1-6-14-22)41-34(44-33(39)25-19-11-4-12-20-25)29(43-32(38)24-17-9-3-10-18-24)28(27)42-31(37)23-15-7-2-8-16-23/h1-20,26-29,34-35H,21H2/t26-,27-,28-,29+,34-/m1/s1. The topological polar surface area (TPSA) is 135 Å². The van der Waals surface area contributed by atoms with Gasteiger partial charge >= 0.3 is 23.9 Å². The summed E-state index contributed by atoms with van der Waals surface area (Å²) in [4.78, 5) is 52.1. The maximum atomic E-state index is 13.2. The number of carbonyl (C=O) groups is 4. The van der Waals surface area contributed by atoms with Crippen LogP contribution in [0.5, 0.6) is 0 Å². The van der Waals surface area contributed by atoms with Gasteiger partial charge in [0.25, 0.3) is 0 Å². The van der Waals surface area contributed by atoms with Gasteiger partial charge in [-0.25, -0.2) is 19.2 Å². The van der Waals surface area contributed by atoms with E-state index in [0.717, 1.165) is 0 Å². The fourth-order valence-electron chi connectivity index (χ4n) is 4.48. The van der Waals surface area contributed by atoms with Crippen molar-refractivity contribution in [2.24, 2.45) is 0 Å². The maximum absolute atomic E-state index is 13.2. The number of esters is 4. The zero-order valence-corrected chi connectivity index (χ0v) is 23.3. The van der Waals surface area contributed by atoms with E-state index < -0.39 is 61.2 Å². The zero-order valence-electron chi connectivity index (χ0n) is 23.3. The Labute approximate surface area is 252 Å². The van der Waals surface area contributed by atoms with Crippen LogP contribution in [0.25, 0.3) is 0 Å². The monoisotopic (exact) mass is 596 g/mol. The summed E-state index contributed by atoms with van der Waals surface area (Å²) in [6.07, 6.45) is -7.91. The highest BCUT2D eigenvalue weighted by atomic mass is 16.7. The number of aliphatic hydroxyl groups excluding tert-OH is 1. The summed E-state index contributed by atoms with van der Waals surface area (Å²) < 4.78 is 28.3. The molecule has 4 aromatic carbocycles. The van der Waals surface area contributed by atoms with Crippen molar-refractivity contribution < 1.29 is 48.0 Å². The van der Waals surface area contributed by atoms with Crippen LogP contribution in [0.15, 0.2) is 121 Å². The molecule has 1 saturated heterocycles. The Morgan fingerprint density at radius 1 is 0.523 bits per heavy atom. The van der Waals surface area contributed by atoms with Gasteiger partial charge in [-0.2, -0.15) is 0 Å². The summed E-state index contributed by atoms with van der Waals surface area (Å²) in [5.74, 6) is -3.22. The summed E-state index contributed by atoms with van der Waals surface area (Å²) in [6.45, 7) is -0.507. The Balaban J connectivity index is 1.46. The summed E-state index contributed by atoms with van der Waals surface area (Å²) in [7, 11) is 0. The molecule has 5 atom stereocenters. The van der Waals surface area contributed by atoms with Crippen LogP contribution < -0.4 is 0 Å². The van der Waals surface area contributed by atoms with E-state index in [0.29, 0.717) is 0 Å². The number of hydrogen-bond donors (Lipinski definition) is 1. The first-order chi connectivity index (χ1) is 21.4. The lowest BCUT2D eigenvalue weighted by Crippen LogP contribution is -2.62. The van der Waals surface area contributed by atoms with Crippen molar-refractivity contribution in [1.29, 1.82) is 0 Å². The second kappa shape index (κ2) is 14.2. The van der Waals surface area contributed by atoms with E-state index in [2.05, 4.69) is 0 Å². The fraction of sp³-hybridized carbons (Fsp3) is 0.176. The Bertz CT molecular complexity index is 1560. The van der Waals surface area contributed by atoms with Gasteiger partial charge in [-0.05, 0) is 48.5 Å². The normalized spacial score (nSPS) is 21.0. The molecular weight excluding hydrogens is 568 g/mol. The summed E-state index contributed by atoms with van der Waals surface area (Å²) >= 11 is 0. The van der Waals surface area contributed by atoms with Crippen molar-refractivity contribution >= 4 is 23.9 Å². The van der Waals surface area contributed by atoms with Gasteiger partial charge in [-0.3, -0.25) is 0 Å². The van der Waals surface area contributed by atoms with Crippen LogP contribution in [0, 0.1) is 0 Å². The minimum absolute atomic E-state index is 0.155. The third kappa shape index (κ3) is 7.35. The third-order valence-corrected chi connectivity index (χ3v) is 6.74. The minimum Gasteiger partial charge on any atom is -0.459 e. The number of benzene rings is 4. The molecule has 1 aliphatic heterocycles. The van der Waals surface area contributed by atoms with E-state index in [1.165, 1.54) is 36.4 Å². The van der Waals surface area contributed by atoms with Crippen molar-refractivity contribution in [2.75, 3.05) is 6.61 Å². The highest BCUT2D eigenvalue weighted by molar-refractivity contribution is 5.91. The average molecular weight is 597 g/mol.